The van der Waals surface area contributed by atoms with E-state index in [0.29, 0.717) is 5.69 Å². The first kappa shape index (κ1) is 18.4. The summed E-state index contributed by atoms with van der Waals surface area (Å²) in [4.78, 5) is 40.5. The Hall–Kier alpha value is -2.37. The number of carbonyl (C=O) groups is 3. The van der Waals surface area contributed by atoms with Gasteiger partial charge in [-0.1, -0.05) is 41.4 Å². The zero-order chi connectivity index (χ0) is 19.0. The monoisotopic (exact) mass is 390 g/mol. The fraction of sp³-hybridized carbons (Fsp3) is 0.211. The molecular weight excluding hydrogens is 375 g/mol. The molecule has 0 aromatic heterocycles. The summed E-state index contributed by atoms with van der Waals surface area (Å²) in [5.74, 6) is -1.44. The fourth-order valence-corrected chi connectivity index (χ4v) is 3.28. The Balaban J connectivity index is 1.88. The molecule has 0 N–H and O–H groups in total. The number of halogens is 2. The summed E-state index contributed by atoms with van der Waals surface area (Å²) >= 11 is 11.9. The first-order chi connectivity index (χ1) is 12.3. The molecule has 1 heterocycles. The number of anilines is 1. The summed E-state index contributed by atoms with van der Waals surface area (Å²) in [7, 11) is 0. The van der Waals surface area contributed by atoms with Crippen molar-refractivity contribution in [1.29, 1.82) is 0 Å². The second-order valence-corrected chi connectivity index (χ2v) is 7.02. The molecule has 1 aliphatic rings. The van der Waals surface area contributed by atoms with Gasteiger partial charge < -0.3 is 4.90 Å². The maximum absolute atomic E-state index is 12.8. The molecular formula is C19H16Cl2N2O3. The lowest BCUT2D eigenvalue weighted by Gasteiger charge is -2.28. The Labute approximate surface area is 161 Å². The van der Waals surface area contributed by atoms with Crippen LogP contribution in [0.5, 0.6) is 0 Å². The van der Waals surface area contributed by atoms with Crippen LogP contribution in [-0.2, 0) is 4.79 Å². The number of hydrogen-bond acceptors (Lipinski definition) is 3. The Morgan fingerprint density at radius 3 is 1.96 bits per heavy atom. The second kappa shape index (κ2) is 7.09. The summed E-state index contributed by atoms with van der Waals surface area (Å²) < 4.78 is 0. The van der Waals surface area contributed by atoms with Gasteiger partial charge in [-0.2, -0.15) is 0 Å². The smallest absolute Gasteiger partial charge is 0.262 e. The minimum Gasteiger partial charge on any atom is -0.308 e. The molecule has 134 valence electrons. The van der Waals surface area contributed by atoms with Crippen molar-refractivity contribution < 1.29 is 14.4 Å². The van der Waals surface area contributed by atoms with Crippen LogP contribution in [0, 0.1) is 0 Å². The lowest BCUT2D eigenvalue weighted by atomic mass is 10.1. The van der Waals surface area contributed by atoms with Gasteiger partial charge in [0.25, 0.3) is 11.8 Å². The van der Waals surface area contributed by atoms with Crippen molar-refractivity contribution in [2.75, 3.05) is 11.4 Å². The molecule has 2 aromatic carbocycles. The molecule has 3 amide bonds. The van der Waals surface area contributed by atoms with Gasteiger partial charge in [-0.05, 0) is 38.1 Å². The number of amides is 3. The lowest BCUT2D eigenvalue weighted by Crippen LogP contribution is -2.45. The van der Waals surface area contributed by atoms with Gasteiger partial charge in [-0.3, -0.25) is 19.3 Å². The summed E-state index contributed by atoms with van der Waals surface area (Å²) in [6, 6.07) is 11.7. The van der Waals surface area contributed by atoms with E-state index in [2.05, 4.69) is 0 Å². The van der Waals surface area contributed by atoms with E-state index in [0.717, 1.165) is 4.90 Å². The maximum Gasteiger partial charge on any atom is 0.262 e. The van der Waals surface area contributed by atoms with Crippen molar-refractivity contribution in [3.05, 3.63) is 63.6 Å². The predicted molar refractivity (Wildman–Crippen MR) is 101 cm³/mol. The molecule has 0 atom stereocenters. The van der Waals surface area contributed by atoms with Crippen LogP contribution in [0.15, 0.2) is 42.5 Å². The summed E-state index contributed by atoms with van der Waals surface area (Å²) in [6.45, 7) is 3.38. The molecule has 0 spiro atoms. The van der Waals surface area contributed by atoms with Crippen molar-refractivity contribution in [2.45, 2.75) is 19.9 Å². The van der Waals surface area contributed by atoms with Crippen LogP contribution in [0.3, 0.4) is 0 Å². The first-order valence-corrected chi connectivity index (χ1v) is 8.79. The number of fused-ring (bicyclic) bond motifs is 1. The van der Waals surface area contributed by atoms with Gasteiger partial charge in [0.05, 0.1) is 21.2 Å². The minimum atomic E-state index is -0.548. The van der Waals surface area contributed by atoms with E-state index in [1.807, 2.05) is 32.0 Å². The lowest BCUT2D eigenvalue weighted by molar-refractivity contribution is -0.119. The third-order valence-electron chi connectivity index (χ3n) is 4.12. The van der Waals surface area contributed by atoms with Gasteiger partial charge in [0.2, 0.25) is 5.91 Å². The first-order valence-electron chi connectivity index (χ1n) is 8.03. The number of nitrogens with zero attached hydrogens (tertiary/aromatic N) is 2. The average Bonchev–Trinajstić information content (AvgIpc) is 2.81. The molecule has 0 aliphatic carbocycles. The van der Waals surface area contributed by atoms with E-state index in [9.17, 15) is 14.4 Å². The molecule has 0 bridgehead atoms. The van der Waals surface area contributed by atoms with Crippen molar-refractivity contribution >= 4 is 46.6 Å². The number of imide groups is 1. The molecule has 0 unspecified atom stereocenters. The van der Waals surface area contributed by atoms with Gasteiger partial charge in [0.1, 0.15) is 6.54 Å². The highest BCUT2D eigenvalue weighted by atomic mass is 35.5. The molecule has 2 aromatic rings. The van der Waals surface area contributed by atoms with Gasteiger partial charge in [-0.25, -0.2) is 0 Å². The fourth-order valence-electron chi connectivity index (χ4n) is 2.96. The third-order valence-corrected chi connectivity index (χ3v) is 4.85. The third kappa shape index (κ3) is 3.20. The van der Waals surface area contributed by atoms with Crippen LogP contribution in [-0.4, -0.2) is 35.2 Å². The number of carbonyl (C=O) groups excluding carboxylic acids is 3. The standard InChI is InChI=1S/C19H16Cl2N2O3/c1-11(2)23(12-6-4-3-5-7-12)17(24)10-22-18(25)13-8-15(20)16(21)9-14(13)19(22)26/h3-9,11H,10H2,1-2H3. The summed E-state index contributed by atoms with van der Waals surface area (Å²) in [6.07, 6.45) is 0. The second-order valence-electron chi connectivity index (χ2n) is 6.20. The minimum absolute atomic E-state index is 0.135. The van der Waals surface area contributed by atoms with Crippen molar-refractivity contribution in [2.24, 2.45) is 0 Å². The molecule has 0 fully saturated rings. The highest BCUT2D eigenvalue weighted by Gasteiger charge is 2.38. The van der Waals surface area contributed by atoms with Crippen LogP contribution in [0.25, 0.3) is 0 Å². The predicted octanol–water partition coefficient (Wildman–Crippen LogP) is 4.03. The zero-order valence-electron chi connectivity index (χ0n) is 14.2. The van der Waals surface area contributed by atoms with Crippen LogP contribution < -0.4 is 4.90 Å². The largest absolute Gasteiger partial charge is 0.308 e. The van der Waals surface area contributed by atoms with Crippen LogP contribution in [0.1, 0.15) is 34.6 Å². The van der Waals surface area contributed by atoms with Crippen LogP contribution >= 0.6 is 23.2 Å². The van der Waals surface area contributed by atoms with E-state index in [1.165, 1.54) is 12.1 Å². The molecule has 26 heavy (non-hydrogen) atoms. The van der Waals surface area contributed by atoms with Crippen molar-refractivity contribution in [3.8, 4) is 0 Å². The Morgan fingerprint density at radius 2 is 1.50 bits per heavy atom. The average molecular weight is 391 g/mol. The summed E-state index contributed by atoms with van der Waals surface area (Å²) in [5, 5.41) is 0.376. The summed E-state index contributed by atoms with van der Waals surface area (Å²) in [5.41, 5.74) is 1.02. The number of hydrogen-bond donors (Lipinski definition) is 0. The molecule has 0 radical (unpaired) electrons. The molecule has 3 rings (SSSR count). The Kier molecular flexibility index (Phi) is 5.03. The Bertz CT molecular complexity index is 856. The number of para-hydroxylation sites is 1. The zero-order valence-corrected chi connectivity index (χ0v) is 15.7. The molecule has 0 saturated heterocycles. The van der Waals surface area contributed by atoms with Crippen molar-refractivity contribution in [3.63, 3.8) is 0 Å². The number of benzene rings is 2. The number of rotatable bonds is 4. The molecule has 1 aliphatic heterocycles. The van der Waals surface area contributed by atoms with E-state index < -0.39 is 11.8 Å². The van der Waals surface area contributed by atoms with Crippen molar-refractivity contribution in [1.82, 2.24) is 4.90 Å². The molecule has 5 nitrogen and oxygen atoms in total. The molecule has 0 saturated carbocycles. The van der Waals surface area contributed by atoms with Gasteiger partial charge in [0, 0.05) is 11.7 Å². The van der Waals surface area contributed by atoms with Crippen LogP contribution in [0.2, 0.25) is 10.0 Å². The normalized spacial score (nSPS) is 13.3. The topological polar surface area (TPSA) is 57.7 Å². The van der Waals surface area contributed by atoms with Gasteiger partial charge in [0.15, 0.2) is 0 Å². The van der Waals surface area contributed by atoms with E-state index in [4.69, 9.17) is 23.2 Å². The van der Waals surface area contributed by atoms with E-state index >= 15 is 0 Å². The van der Waals surface area contributed by atoms with Gasteiger partial charge in [-0.15, -0.1) is 0 Å². The van der Waals surface area contributed by atoms with Gasteiger partial charge >= 0.3 is 0 Å². The van der Waals surface area contributed by atoms with E-state index in [1.54, 1.807) is 17.0 Å². The van der Waals surface area contributed by atoms with Crippen LogP contribution in [0.4, 0.5) is 5.69 Å². The van der Waals surface area contributed by atoms with E-state index in [-0.39, 0.29) is 39.7 Å². The highest BCUT2D eigenvalue weighted by molar-refractivity contribution is 6.43. The quantitative estimate of drug-likeness (QED) is 0.740. The highest BCUT2D eigenvalue weighted by Crippen LogP contribution is 2.31. The molecule has 7 heteroatoms. The SMILES string of the molecule is CC(C)N(C(=O)CN1C(=O)c2cc(Cl)c(Cl)cc2C1=O)c1ccccc1. The maximum atomic E-state index is 12.8. The Morgan fingerprint density at radius 1 is 1.00 bits per heavy atom.